The Labute approximate surface area is 180 Å². The summed E-state index contributed by atoms with van der Waals surface area (Å²) < 4.78 is 7.04. The number of aryl methyl sites for hydroxylation is 2. The molecule has 2 aliphatic rings. The highest BCUT2D eigenvalue weighted by Crippen LogP contribution is 2.39. The summed E-state index contributed by atoms with van der Waals surface area (Å²) in [7, 11) is 1.78. The Bertz CT molecular complexity index is 1020. The molecular weight excluding hydrogens is 398 g/mol. The summed E-state index contributed by atoms with van der Waals surface area (Å²) in [5.41, 5.74) is 2.58. The normalized spacial score (nSPS) is 21.8. The molecule has 2 fully saturated rings. The number of carbonyl (C=O) groups excluding carboxylic acids is 2. The van der Waals surface area contributed by atoms with Gasteiger partial charge in [0.05, 0.1) is 36.1 Å². The highest BCUT2D eigenvalue weighted by Gasteiger charge is 2.46. The van der Waals surface area contributed by atoms with E-state index in [4.69, 9.17) is 4.74 Å². The van der Waals surface area contributed by atoms with E-state index < -0.39 is 17.7 Å². The van der Waals surface area contributed by atoms with Crippen molar-refractivity contribution < 1.29 is 19.4 Å². The zero-order valence-corrected chi connectivity index (χ0v) is 18.0. The molecule has 2 aliphatic heterocycles. The lowest BCUT2D eigenvalue weighted by molar-refractivity contribution is -0.140. The van der Waals surface area contributed by atoms with E-state index >= 15 is 0 Å². The number of carbonyl (C=O) groups is 2. The fraction of sp³-hybridized carbons (Fsp3) is 0.455. The van der Waals surface area contributed by atoms with Gasteiger partial charge in [-0.1, -0.05) is 6.07 Å². The molecule has 0 saturated carbocycles. The van der Waals surface area contributed by atoms with E-state index in [1.54, 1.807) is 42.0 Å². The van der Waals surface area contributed by atoms with Crippen molar-refractivity contribution in [3.8, 4) is 0 Å². The maximum Gasteiger partial charge on any atom is 0.295 e. The van der Waals surface area contributed by atoms with E-state index in [-0.39, 0.29) is 11.3 Å². The van der Waals surface area contributed by atoms with Gasteiger partial charge >= 0.3 is 0 Å². The van der Waals surface area contributed by atoms with E-state index in [0.717, 1.165) is 18.8 Å². The number of amides is 1. The van der Waals surface area contributed by atoms with Crippen molar-refractivity contribution in [2.24, 2.45) is 7.05 Å². The summed E-state index contributed by atoms with van der Waals surface area (Å²) in [6.45, 7) is 7.47. The third-order valence-corrected chi connectivity index (χ3v) is 6.05. The first-order valence-electron chi connectivity index (χ1n) is 10.4. The van der Waals surface area contributed by atoms with Crippen molar-refractivity contribution in [1.82, 2.24) is 24.6 Å². The zero-order valence-electron chi connectivity index (χ0n) is 18.0. The SMILES string of the molecule is Cc1nn(C)c(C)c1/C(O)=C1\C(=O)C(=O)N(CCN2CCOCC2)[C@H]1c1cccnc1. The van der Waals surface area contributed by atoms with Crippen molar-refractivity contribution in [2.45, 2.75) is 19.9 Å². The number of ether oxygens (including phenoxy) is 1. The lowest BCUT2D eigenvalue weighted by Crippen LogP contribution is -2.42. The number of hydrogen-bond acceptors (Lipinski definition) is 7. The average Bonchev–Trinajstić information content (AvgIpc) is 3.18. The largest absolute Gasteiger partial charge is 0.507 e. The Hall–Kier alpha value is -3.04. The number of morpholine rings is 1. The number of aliphatic hydroxyl groups excluding tert-OH is 1. The van der Waals surface area contributed by atoms with Crippen LogP contribution < -0.4 is 0 Å². The van der Waals surface area contributed by atoms with Gasteiger partial charge in [0, 0.05) is 51.3 Å². The van der Waals surface area contributed by atoms with Gasteiger partial charge in [0.15, 0.2) is 0 Å². The molecule has 0 aromatic carbocycles. The average molecular weight is 425 g/mol. The summed E-state index contributed by atoms with van der Waals surface area (Å²) in [5, 5.41) is 15.6. The van der Waals surface area contributed by atoms with E-state index in [1.165, 1.54) is 0 Å². The predicted molar refractivity (Wildman–Crippen MR) is 113 cm³/mol. The predicted octanol–water partition coefficient (Wildman–Crippen LogP) is 1.19. The first kappa shape index (κ1) is 21.2. The minimum Gasteiger partial charge on any atom is -0.507 e. The standard InChI is InChI=1S/C22H27N5O4/c1-14-17(15(2)25(3)24-14)20(28)18-19(16-5-4-6-23-13-16)27(22(30)21(18)29)8-7-26-9-11-31-12-10-26/h4-6,13,19,28H,7-12H2,1-3H3/b20-18+/t19-/m0/s1. The molecule has 2 saturated heterocycles. The molecule has 4 heterocycles. The second-order valence-electron chi connectivity index (χ2n) is 7.90. The maximum absolute atomic E-state index is 13.1. The smallest absolute Gasteiger partial charge is 0.295 e. The quantitative estimate of drug-likeness (QED) is 0.436. The van der Waals surface area contributed by atoms with Crippen LogP contribution in [0.2, 0.25) is 0 Å². The van der Waals surface area contributed by atoms with Gasteiger partial charge in [-0.3, -0.25) is 24.2 Å². The minimum atomic E-state index is -0.700. The summed E-state index contributed by atoms with van der Waals surface area (Å²) in [6, 6.07) is 2.88. The molecule has 2 aromatic rings. The number of aliphatic hydroxyl groups is 1. The molecule has 2 aromatic heterocycles. The molecule has 1 amide bonds. The third kappa shape index (κ3) is 3.86. The van der Waals surface area contributed by atoms with Crippen molar-refractivity contribution >= 4 is 17.4 Å². The first-order chi connectivity index (χ1) is 14.9. The van der Waals surface area contributed by atoms with Gasteiger partial charge < -0.3 is 14.7 Å². The first-order valence-corrected chi connectivity index (χ1v) is 10.4. The fourth-order valence-electron chi connectivity index (χ4n) is 4.32. The molecule has 0 aliphatic carbocycles. The van der Waals surface area contributed by atoms with Crippen LogP contribution in [0.4, 0.5) is 0 Å². The Balaban J connectivity index is 1.76. The van der Waals surface area contributed by atoms with Crippen molar-refractivity contribution in [1.29, 1.82) is 0 Å². The number of rotatable bonds is 5. The molecular formula is C22H27N5O4. The van der Waals surface area contributed by atoms with Gasteiger partial charge in [-0.05, 0) is 25.5 Å². The maximum atomic E-state index is 13.1. The summed E-state index contributed by atoms with van der Waals surface area (Å²) >= 11 is 0. The van der Waals surface area contributed by atoms with Crippen LogP contribution in [0.25, 0.3) is 5.76 Å². The highest BCUT2D eigenvalue weighted by molar-refractivity contribution is 6.46. The molecule has 0 bridgehead atoms. The van der Waals surface area contributed by atoms with Crippen LogP contribution in [0, 0.1) is 13.8 Å². The van der Waals surface area contributed by atoms with Crippen molar-refractivity contribution in [3.05, 3.63) is 52.6 Å². The van der Waals surface area contributed by atoms with Crippen molar-refractivity contribution in [2.75, 3.05) is 39.4 Å². The van der Waals surface area contributed by atoms with E-state index in [0.29, 0.717) is 43.1 Å². The Morgan fingerprint density at radius 3 is 2.58 bits per heavy atom. The number of pyridine rings is 1. The summed E-state index contributed by atoms with van der Waals surface area (Å²) in [5.74, 6) is -1.48. The number of ketones is 1. The Morgan fingerprint density at radius 2 is 1.97 bits per heavy atom. The van der Waals surface area contributed by atoms with Gasteiger partial charge in [0.25, 0.3) is 11.7 Å². The van der Waals surface area contributed by atoms with E-state index in [9.17, 15) is 14.7 Å². The van der Waals surface area contributed by atoms with Crippen LogP contribution >= 0.6 is 0 Å². The van der Waals surface area contributed by atoms with Crippen LogP contribution in [-0.2, 0) is 21.4 Å². The van der Waals surface area contributed by atoms with Crippen LogP contribution in [-0.4, -0.2) is 80.8 Å². The van der Waals surface area contributed by atoms with Crippen LogP contribution in [0.1, 0.15) is 28.6 Å². The number of aromatic nitrogens is 3. The lowest BCUT2D eigenvalue weighted by atomic mass is 9.95. The fourth-order valence-corrected chi connectivity index (χ4v) is 4.32. The lowest BCUT2D eigenvalue weighted by Gasteiger charge is -2.30. The number of Topliss-reactive ketones (excluding diaryl/α,β-unsaturated/α-hetero) is 1. The summed E-state index contributed by atoms with van der Waals surface area (Å²) in [6.07, 6.45) is 3.27. The van der Waals surface area contributed by atoms with Gasteiger partial charge in [-0.25, -0.2) is 0 Å². The number of nitrogens with zero attached hydrogens (tertiary/aromatic N) is 5. The Kier molecular flexibility index (Phi) is 5.88. The third-order valence-electron chi connectivity index (χ3n) is 6.05. The zero-order chi connectivity index (χ0) is 22.1. The Morgan fingerprint density at radius 1 is 1.23 bits per heavy atom. The number of hydrogen-bond donors (Lipinski definition) is 1. The van der Waals surface area contributed by atoms with Gasteiger partial charge in [0.2, 0.25) is 0 Å². The molecule has 164 valence electrons. The van der Waals surface area contributed by atoms with Crippen LogP contribution in [0.5, 0.6) is 0 Å². The van der Waals surface area contributed by atoms with Crippen LogP contribution in [0.15, 0.2) is 30.1 Å². The minimum absolute atomic E-state index is 0.0826. The molecule has 9 heteroatoms. The molecule has 4 rings (SSSR count). The highest BCUT2D eigenvalue weighted by atomic mass is 16.5. The second kappa shape index (κ2) is 8.60. The van der Waals surface area contributed by atoms with Crippen LogP contribution in [0.3, 0.4) is 0 Å². The van der Waals surface area contributed by atoms with Gasteiger partial charge in [0.1, 0.15) is 5.76 Å². The molecule has 31 heavy (non-hydrogen) atoms. The molecule has 1 N–H and O–H groups in total. The molecule has 0 spiro atoms. The molecule has 9 nitrogen and oxygen atoms in total. The second-order valence-corrected chi connectivity index (χ2v) is 7.90. The van der Waals surface area contributed by atoms with Crippen molar-refractivity contribution in [3.63, 3.8) is 0 Å². The molecule has 0 unspecified atom stereocenters. The van der Waals surface area contributed by atoms with Gasteiger partial charge in [-0.2, -0.15) is 5.10 Å². The van der Waals surface area contributed by atoms with Gasteiger partial charge in [-0.15, -0.1) is 0 Å². The summed E-state index contributed by atoms with van der Waals surface area (Å²) in [4.78, 5) is 34.1. The molecule has 1 atom stereocenters. The topological polar surface area (TPSA) is 101 Å². The molecule has 0 radical (unpaired) electrons. The monoisotopic (exact) mass is 425 g/mol. The van der Waals surface area contributed by atoms with E-state index in [2.05, 4.69) is 15.0 Å². The van der Waals surface area contributed by atoms with E-state index in [1.807, 2.05) is 13.0 Å². The number of likely N-dealkylation sites (tertiary alicyclic amines) is 1.